The lowest BCUT2D eigenvalue weighted by molar-refractivity contribution is 0.291. The second-order valence-corrected chi connectivity index (χ2v) is 20.0. The number of benzene rings is 6. The van der Waals surface area contributed by atoms with Gasteiger partial charge in [0.2, 0.25) is 0 Å². The monoisotopic (exact) mass is 830 g/mol. The second kappa shape index (κ2) is 15.3. The van der Waals surface area contributed by atoms with Gasteiger partial charge in [-0.3, -0.25) is 0 Å². The maximum Gasteiger partial charge on any atom is 0.160 e. The van der Waals surface area contributed by atoms with E-state index in [0.29, 0.717) is 17.7 Å². The van der Waals surface area contributed by atoms with E-state index in [1.807, 2.05) is 0 Å². The Bertz CT molecular complexity index is 3310. The molecule has 0 N–H and O–H groups in total. The van der Waals surface area contributed by atoms with Crippen LogP contribution in [0.3, 0.4) is 0 Å². The van der Waals surface area contributed by atoms with Gasteiger partial charge in [-0.15, -0.1) is 0 Å². The predicted molar refractivity (Wildman–Crippen MR) is 269 cm³/mol. The van der Waals surface area contributed by atoms with Gasteiger partial charge in [-0.05, 0) is 118 Å². The molecule has 4 nitrogen and oxygen atoms in total. The number of rotatable bonds is 6. The first-order valence-electron chi connectivity index (χ1n) is 22.9. The minimum atomic E-state index is 0.186. The number of nitrogens with zero attached hydrogens (tertiary/aromatic N) is 4. The predicted octanol–water partition coefficient (Wildman–Crippen LogP) is 15.5. The number of allylic oxidation sites excluding steroid dienone is 2. The summed E-state index contributed by atoms with van der Waals surface area (Å²) < 4.78 is 4.88. The lowest BCUT2D eigenvalue weighted by atomic mass is 9.75. The Hall–Kier alpha value is -7.04. The van der Waals surface area contributed by atoms with Gasteiger partial charge in [0, 0.05) is 50.2 Å². The van der Waals surface area contributed by atoms with Crippen LogP contribution in [0.25, 0.3) is 90.4 Å². The molecule has 0 saturated carbocycles. The van der Waals surface area contributed by atoms with Crippen molar-refractivity contribution in [2.75, 3.05) is 0 Å². The van der Waals surface area contributed by atoms with Crippen LogP contribution in [0.5, 0.6) is 0 Å². The minimum absolute atomic E-state index is 0.186. The summed E-state index contributed by atoms with van der Waals surface area (Å²) >= 11 is 0. The molecule has 3 aromatic heterocycles. The lowest BCUT2D eigenvalue weighted by Crippen LogP contribution is -2.22. The lowest BCUT2D eigenvalue weighted by Gasteiger charge is -2.30. The molecule has 0 fully saturated rings. The van der Waals surface area contributed by atoms with Crippen LogP contribution in [-0.4, -0.2) is 19.1 Å². The number of hydrogen-bond acceptors (Lipinski definition) is 2. The van der Waals surface area contributed by atoms with E-state index in [2.05, 4.69) is 233 Å². The van der Waals surface area contributed by atoms with Crippen molar-refractivity contribution < 1.29 is 0 Å². The van der Waals surface area contributed by atoms with Crippen LogP contribution in [0, 0.1) is 22.7 Å². The zero-order valence-corrected chi connectivity index (χ0v) is 37.7. The summed E-state index contributed by atoms with van der Waals surface area (Å²) in [6, 6.07) is 56.9. The van der Waals surface area contributed by atoms with Crippen LogP contribution in [0.15, 0.2) is 170 Å². The maximum absolute atomic E-state index is 5.36. The molecule has 4 heteroatoms. The van der Waals surface area contributed by atoms with Crippen LogP contribution in [0.1, 0.15) is 64.1 Å². The third kappa shape index (κ3) is 7.02. The van der Waals surface area contributed by atoms with E-state index in [1.165, 1.54) is 44.3 Å². The van der Waals surface area contributed by atoms with Crippen LogP contribution >= 0.6 is 0 Å². The SMILES string of the molecule is CC(C)(C)C1C=Cc2c(c3ccccc3n2-c2cccc(-c3cccc(-c4cc(-c5ccccc5)nc(-c5cccc(-n6c7c(c8ccccc86)CC(C(C)(C)C)C=C7)c5)n4)c3)c2)C1. The zero-order chi connectivity index (χ0) is 43.7. The Morgan fingerprint density at radius 2 is 0.859 bits per heavy atom. The fourth-order valence-corrected chi connectivity index (χ4v) is 10.1. The molecule has 0 bridgehead atoms. The van der Waals surface area contributed by atoms with Gasteiger partial charge < -0.3 is 9.13 Å². The quantitative estimate of drug-likeness (QED) is 0.167. The summed E-state index contributed by atoms with van der Waals surface area (Å²) in [6.45, 7) is 14.1. The first-order valence-corrected chi connectivity index (χ1v) is 22.9. The molecule has 2 aliphatic carbocycles. The molecule has 11 rings (SSSR count). The van der Waals surface area contributed by atoms with Crippen molar-refractivity contribution in [2.45, 2.75) is 54.4 Å². The normalized spacial score (nSPS) is 16.0. The van der Waals surface area contributed by atoms with Gasteiger partial charge in [0.25, 0.3) is 0 Å². The molecule has 0 aliphatic heterocycles. The van der Waals surface area contributed by atoms with Gasteiger partial charge in [-0.25, -0.2) is 9.97 Å². The number of hydrogen-bond donors (Lipinski definition) is 0. The largest absolute Gasteiger partial charge is 0.310 e. The molecule has 0 saturated heterocycles. The van der Waals surface area contributed by atoms with E-state index in [4.69, 9.17) is 9.97 Å². The Morgan fingerprint density at radius 3 is 1.42 bits per heavy atom. The van der Waals surface area contributed by atoms with Crippen molar-refractivity contribution >= 4 is 34.0 Å². The molecule has 64 heavy (non-hydrogen) atoms. The van der Waals surface area contributed by atoms with Crippen molar-refractivity contribution in [3.05, 3.63) is 192 Å². The van der Waals surface area contributed by atoms with E-state index in [-0.39, 0.29) is 10.8 Å². The number of aromatic nitrogens is 4. The third-order valence-electron chi connectivity index (χ3n) is 13.8. The molecule has 0 radical (unpaired) electrons. The van der Waals surface area contributed by atoms with E-state index >= 15 is 0 Å². The first-order chi connectivity index (χ1) is 31.0. The van der Waals surface area contributed by atoms with Crippen LogP contribution in [0.2, 0.25) is 0 Å². The average molecular weight is 831 g/mol. The second-order valence-electron chi connectivity index (χ2n) is 20.0. The van der Waals surface area contributed by atoms with Crippen molar-refractivity contribution in [3.8, 4) is 56.4 Å². The molecule has 0 spiro atoms. The van der Waals surface area contributed by atoms with Crippen molar-refractivity contribution in [1.29, 1.82) is 0 Å². The zero-order valence-electron chi connectivity index (χ0n) is 37.7. The number of fused-ring (bicyclic) bond motifs is 6. The van der Waals surface area contributed by atoms with Gasteiger partial charge in [0.05, 0.1) is 22.4 Å². The highest BCUT2D eigenvalue weighted by Crippen LogP contribution is 2.43. The molecule has 9 aromatic rings. The molecule has 2 unspecified atom stereocenters. The highest BCUT2D eigenvalue weighted by molar-refractivity contribution is 5.92. The highest BCUT2D eigenvalue weighted by Gasteiger charge is 2.31. The highest BCUT2D eigenvalue weighted by atomic mass is 15.0. The molecule has 314 valence electrons. The Kier molecular flexibility index (Phi) is 9.54. The fraction of sp³-hybridized carbons (Fsp3) is 0.200. The van der Waals surface area contributed by atoms with Gasteiger partial charge >= 0.3 is 0 Å². The number of para-hydroxylation sites is 2. The van der Waals surface area contributed by atoms with E-state index in [0.717, 1.165) is 63.4 Å². The maximum atomic E-state index is 5.36. The van der Waals surface area contributed by atoms with E-state index < -0.39 is 0 Å². The molecule has 3 heterocycles. The van der Waals surface area contributed by atoms with Gasteiger partial charge in [-0.2, -0.15) is 0 Å². The summed E-state index contributed by atoms with van der Waals surface area (Å²) in [7, 11) is 0. The standard InChI is InChI=1S/C60H54N4/c1-59(2,3)44-29-31-56-50(36-44)48-25-10-12-27-54(48)63(56)46-23-15-20-41(34-46)40-19-14-21-42(33-40)53-38-52(39-17-8-7-9-18-39)61-58(62-53)43-22-16-24-47(35-43)64-55-28-13-11-26-49(55)51-37-45(60(4,5)6)30-32-57(51)64/h7-35,38,44-45H,36-37H2,1-6H3. The molecular formula is C60H54N4. The van der Waals surface area contributed by atoms with Crippen molar-refractivity contribution in [3.63, 3.8) is 0 Å². The topological polar surface area (TPSA) is 35.6 Å². The molecule has 2 aliphatic rings. The summed E-state index contributed by atoms with van der Waals surface area (Å²) in [4.78, 5) is 10.6. The van der Waals surface area contributed by atoms with Crippen LogP contribution in [-0.2, 0) is 12.8 Å². The summed E-state index contributed by atoms with van der Waals surface area (Å²) in [5.41, 5.74) is 17.7. The van der Waals surface area contributed by atoms with Crippen molar-refractivity contribution in [1.82, 2.24) is 19.1 Å². The van der Waals surface area contributed by atoms with E-state index in [1.54, 1.807) is 0 Å². The molecule has 0 amide bonds. The third-order valence-corrected chi connectivity index (χ3v) is 13.8. The van der Waals surface area contributed by atoms with Gasteiger partial charge in [-0.1, -0.05) is 163 Å². The van der Waals surface area contributed by atoms with Gasteiger partial charge in [0.1, 0.15) is 0 Å². The Balaban J connectivity index is 0.996. The molecule has 2 atom stereocenters. The minimum Gasteiger partial charge on any atom is -0.310 e. The van der Waals surface area contributed by atoms with E-state index in [9.17, 15) is 0 Å². The van der Waals surface area contributed by atoms with Gasteiger partial charge in [0.15, 0.2) is 5.82 Å². The fourth-order valence-electron chi connectivity index (χ4n) is 10.1. The summed E-state index contributed by atoms with van der Waals surface area (Å²) in [6.07, 6.45) is 11.6. The molecule has 6 aromatic carbocycles. The summed E-state index contributed by atoms with van der Waals surface area (Å²) in [5.74, 6) is 1.67. The average Bonchev–Trinajstić information content (AvgIpc) is 3.84. The summed E-state index contributed by atoms with van der Waals surface area (Å²) in [5, 5.41) is 2.67. The Morgan fingerprint density at radius 1 is 0.422 bits per heavy atom. The van der Waals surface area contributed by atoms with Crippen molar-refractivity contribution in [2.24, 2.45) is 22.7 Å². The molecular weight excluding hydrogens is 777 g/mol. The Labute approximate surface area is 377 Å². The van der Waals surface area contributed by atoms with Crippen LogP contribution in [0.4, 0.5) is 0 Å². The first kappa shape index (κ1) is 39.8. The van der Waals surface area contributed by atoms with Crippen LogP contribution < -0.4 is 0 Å². The smallest absolute Gasteiger partial charge is 0.160 e.